The van der Waals surface area contributed by atoms with Crippen molar-refractivity contribution in [1.29, 1.82) is 0 Å². The lowest BCUT2D eigenvalue weighted by Crippen LogP contribution is -2.13. The Kier molecular flexibility index (Phi) is 18.3. The van der Waals surface area contributed by atoms with Gasteiger partial charge in [-0.15, -0.1) is 0 Å². The van der Waals surface area contributed by atoms with Gasteiger partial charge in [-0.1, -0.05) is 13.2 Å². The summed E-state index contributed by atoms with van der Waals surface area (Å²) in [6, 6.07) is 5.69. The normalized spacial score (nSPS) is 11.2. The number of ether oxygens (including phenoxy) is 6. The molecule has 4 aromatic carbocycles. The van der Waals surface area contributed by atoms with E-state index in [2.05, 4.69) is 141 Å². The molecule has 21 heteroatoms. The first-order valence-electron chi connectivity index (χ1n) is 16.7. The predicted octanol–water partition coefficient (Wildman–Crippen LogP) is 12.4. The second-order valence-corrected chi connectivity index (χ2v) is 19.8. The van der Waals surface area contributed by atoms with Gasteiger partial charge in [-0.25, -0.2) is 18.0 Å². The van der Waals surface area contributed by atoms with E-state index < -0.39 is 21.8 Å². The molecule has 12 nitrogen and oxygen atoms in total. The first kappa shape index (κ1) is 49.5. The first-order valence-corrected chi connectivity index (χ1v) is 24.5. The Morgan fingerprint density at radius 3 is 1.24 bits per heavy atom. The van der Waals surface area contributed by atoms with Crippen molar-refractivity contribution < 1.29 is 56.6 Å². The van der Waals surface area contributed by atoms with Gasteiger partial charge in [0.05, 0.1) is 49.8 Å². The lowest BCUT2D eigenvalue weighted by Gasteiger charge is -2.24. The van der Waals surface area contributed by atoms with Crippen molar-refractivity contribution in [3.05, 3.63) is 85.4 Å². The van der Waals surface area contributed by atoms with Gasteiger partial charge in [0.2, 0.25) is 9.84 Å². The lowest BCUT2D eigenvalue weighted by atomic mass is 10.0. The molecule has 0 amide bonds. The molecule has 0 saturated carbocycles. The molecule has 0 aliphatic rings. The number of esters is 2. The summed E-state index contributed by atoms with van der Waals surface area (Å²) in [5.74, 6) is -1.22. The highest BCUT2D eigenvalue weighted by molar-refractivity contribution is 9.12. The number of phenols is 2. The Balaban J connectivity index is 2.16. The van der Waals surface area contributed by atoms with Crippen molar-refractivity contribution in [3.8, 4) is 56.8 Å². The summed E-state index contributed by atoms with van der Waals surface area (Å²) in [7, 11) is -4.72. The van der Waals surface area contributed by atoms with Crippen molar-refractivity contribution in [3.63, 3.8) is 0 Å². The van der Waals surface area contributed by atoms with Crippen LogP contribution < -0.4 is 18.9 Å². The molecule has 2 N–H and O–H groups in total. The molecular formula is C38H30Br8O12S. The van der Waals surface area contributed by atoms with Crippen LogP contribution in [0.1, 0.15) is 13.8 Å². The van der Waals surface area contributed by atoms with Crippen LogP contribution in [0.3, 0.4) is 0 Å². The quantitative estimate of drug-likeness (QED) is 0.0551. The number of sulfone groups is 1. The summed E-state index contributed by atoms with van der Waals surface area (Å²) in [5, 5.41) is 21.8. The van der Waals surface area contributed by atoms with Crippen LogP contribution in [-0.2, 0) is 28.9 Å². The number of carbonyl (C=O) groups excluding carboxylic acids is 2. The lowest BCUT2D eigenvalue weighted by molar-refractivity contribution is -0.139. The second kappa shape index (κ2) is 21.8. The van der Waals surface area contributed by atoms with Gasteiger partial charge in [0, 0.05) is 34.4 Å². The van der Waals surface area contributed by atoms with E-state index in [1.54, 1.807) is 13.8 Å². The van der Waals surface area contributed by atoms with Gasteiger partial charge < -0.3 is 38.6 Å². The third-order valence-corrected chi connectivity index (χ3v) is 14.9. The van der Waals surface area contributed by atoms with E-state index in [4.69, 9.17) is 28.4 Å². The number of benzene rings is 4. The molecule has 0 heterocycles. The number of hydrogen-bond acceptors (Lipinski definition) is 12. The average Bonchev–Trinajstić information content (AvgIpc) is 3.19. The summed E-state index contributed by atoms with van der Waals surface area (Å²) in [4.78, 5) is 22.9. The molecule has 4 rings (SSSR count). The molecule has 316 valence electrons. The number of halogens is 8. The van der Waals surface area contributed by atoms with Crippen LogP contribution in [0.25, 0.3) is 22.3 Å². The van der Waals surface area contributed by atoms with Gasteiger partial charge >= 0.3 is 11.9 Å². The highest BCUT2D eigenvalue weighted by Gasteiger charge is 2.36. The summed E-state index contributed by atoms with van der Waals surface area (Å²) in [6.45, 7) is 9.90. The number of carbonyl (C=O) groups is 2. The third kappa shape index (κ3) is 10.9. The van der Waals surface area contributed by atoms with Gasteiger partial charge in [0.15, 0.2) is 0 Å². The molecule has 0 radical (unpaired) electrons. The topological polar surface area (TPSA) is 164 Å². The summed E-state index contributed by atoms with van der Waals surface area (Å²) in [6.07, 6.45) is 2.02. The molecule has 0 aromatic heterocycles. The molecule has 0 unspecified atom stereocenters. The van der Waals surface area contributed by atoms with E-state index in [9.17, 15) is 19.8 Å². The number of rotatable bonds is 18. The number of hydrogen-bond donors (Lipinski definition) is 2. The molecule has 0 saturated heterocycles. The fraction of sp³-hybridized carbons (Fsp3) is 0.211. The van der Waals surface area contributed by atoms with Crippen LogP contribution in [0.2, 0.25) is 0 Å². The molecule has 4 aromatic rings. The molecule has 59 heavy (non-hydrogen) atoms. The van der Waals surface area contributed by atoms with E-state index in [0.29, 0.717) is 0 Å². The van der Waals surface area contributed by atoms with Gasteiger partial charge in [-0.3, -0.25) is 0 Å². The molecule has 0 atom stereocenters. The van der Waals surface area contributed by atoms with Crippen molar-refractivity contribution in [1.82, 2.24) is 0 Å². The summed E-state index contributed by atoms with van der Waals surface area (Å²) in [5.41, 5.74) is 0.528. The van der Waals surface area contributed by atoms with Crippen LogP contribution in [0.15, 0.2) is 95.1 Å². The van der Waals surface area contributed by atoms with Crippen molar-refractivity contribution >= 4 is 149 Å². The van der Waals surface area contributed by atoms with E-state index in [-0.39, 0.29) is 142 Å². The average molecular weight is 1350 g/mol. The molecular weight excluding hydrogens is 1320 g/mol. The summed E-state index contributed by atoms with van der Waals surface area (Å²) < 4.78 is 66.9. The van der Waals surface area contributed by atoms with Crippen LogP contribution in [-0.4, -0.2) is 70.2 Å². The zero-order chi connectivity index (χ0) is 43.9. The van der Waals surface area contributed by atoms with Crippen molar-refractivity contribution in [2.75, 3.05) is 39.6 Å². The zero-order valence-corrected chi connectivity index (χ0v) is 44.0. The Morgan fingerprint density at radius 1 is 0.559 bits per heavy atom. The van der Waals surface area contributed by atoms with Gasteiger partial charge in [-0.05, 0) is 166 Å². The highest BCUT2D eigenvalue weighted by Crippen LogP contribution is 2.56. The predicted molar refractivity (Wildman–Crippen MR) is 250 cm³/mol. The Bertz CT molecular complexity index is 2280. The first-order chi connectivity index (χ1) is 27.9. The Labute approximate surface area is 406 Å². The van der Waals surface area contributed by atoms with E-state index >= 15 is 8.42 Å². The minimum Gasteiger partial charge on any atom is -0.505 e. The maximum Gasteiger partial charge on any atom is 0.330 e. The van der Waals surface area contributed by atoms with Crippen LogP contribution in [0.4, 0.5) is 0 Å². The summed E-state index contributed by atoms with van der Waals surface area (Å²) >= 11 is 27.8. The van der Waals surface area contributed by atoms with Gasteiger partial charge in [0.1, 0.15) is 69.9 Å². The van der Waals surface area contributed by atoms with E-state index in [1.807, 2.05) is 0 Å². The van der Waals surface area contributed by atoms with E-state index in [1.165, 1.54) is 24.3 Å². The number of phenolic OH excluding ortho intramolecular Hbond substituents is 2. The molecule has 0 aliphatic carbocycles. The fourth-order valence-corrected chi connectivity index (χ4v) is 13.2. The maximum atomic E-state index is 15.7. The molecule has 0 bridgehead atoms. The highest BCUT2D eigenvalue weighted by atomic mass is 79.9. The minimum absolute atomic E-state index is 0.0526. The Morgan fingerprint density at radius 2 is 0.915 bits per heavy atom. The maximum absolute atomic E-state index is 15.7. The zero-order valence-electron chi connectivity index (χ0n) is 30.5. The van der Waals surface area contributed by atoms with Crippen LogP contribution in [0, 0.1) is 0 Å². The van der Waals surface area contributed by atoms with Gasteiger partial charge in [0.25, 0.3) is 0 Å². The van der Waals surface area contributed by atoms with Crippen LogP contribution in [0.5, 0.6) is 34.5 Å². The molecule has 0 spiro atoms. The van der Waals surface area contributed by atoms with Crippen molar-refractivity contribution in [2.45, 2.75) is 23.6 Å². The largest absolute Gasteiger partial charge is 0.505 e. The minimum atomic E-state index is -4.72. The second-order valence-electron chi connectivity index (χ2n) is 11.4. The van der Waals surface area contributed by atoms with E-state index in [0.717, 1.165) is 12.2 Å². The smallest absolute Gasteiger partial charge is 0.330 e. The number of aromatic hydroxyl groups is 2. The van der Waals surface area contributed by atoms with Gasteiger partial charge in [-0.2, -0.15) is 0 Å². The fourth-order valence-electron chi connectivity index (χ4n) is 5.28. The Hall–Kier alpha value is -2.11. The molecule has 0 fully saturated rings. The van der Waals surface area contributed by atoms with Crippen LogP contribution >= 0.6 is 127 Å². The monoisotopic (exact) mass is 1340 g/mol. The SMILES string of the molecule is C=CC(=O)OCCOc1c(Br)cc(S(=O)(=O)c2cc(Br)c(OCCOC(=O)C=C)c(Br)c2-c2cc(Br)c(O)c(Br)c2OCC)c(-c2cc(Br)c(O)c(Br)c2OCC)c1Br. The third-order valence-electron chi connectivity index (χ3n) is 7.75. The standard InChI is InChI=1S/C38H30Br8O12S/c1-5-25(47)55-9-11-57-37-21(41)15-23(27(29(37)43)17-13-19(39)33(49)31(45)35(17)53-7-3)59(51,52)24-16-22(42)38(58-12-10-56-26(48)6-2)30(44)28(24)18-14-20(40)34(50)32(46)36(18)54-8-4/h5-6,13-16,49-50H,1-2,7-12H2,3-4H3. The molecule has 0 aliphatic heterocycles. The van der Waals surface area contributed by atoms with Crippen molar-refractivity contribution in [2.24, 2.45) is 0 Å².